The predicted octanol–water partition coefficient (Wildman–Crippen LogP) is 6.04. The summed E-state index contributed by atoms with van der Waals surface area (Å²) < 4.78 is 0. The largest absolute Gasteiger partial charge is 0.350 e. The molecule has 2 aromatic rings. The predicted molar refractivity (Wildman–Crippen MR) is 133 cm³/mol. The van der Waals surface area contributed by atoms with Crippen LogP contribution in [0.15, 0.2) is 54.6 Å². The fourth-order valence-electron chi connectivity index (χ4n) is 5.74. The van der Waals surface area contributed by atoms with Gasteiger partial charge in [-0.1, -0.05) is 87.1 Å². The highest BCUT2D eigenvalue weighted by Crippen LogP contribution is 2.34. The van der Waals surface area contributed by atoms with Crippen LogP contribution in [0.4, 0.5) is 0 Å². The lowest BCUT2D eigenvalue weighted by atomic mass is 9.80. The van der Waals surface area contributed by atoms with Crippen LogP contribution in [0, 0.1) is 12.8 Å². The summed E-state index contributed by atoms with van der Waals surface area (Å²) >= 11 is 0. The van der Waals surface area contributed by atoms with Crippen molar-refractivity contribution in [3.05, 3.63) is 71.3 Å². The highest BCUT2D eigenvalue weighted by atomic mass is 16.2. The number of hydrogen-bond donors (Lipinski definition) is 1. The topological polar surface area (TPSA) is 49.4 Å². The number of carbonyl (C=O) groups excluding carboxylic acids is 2. The number of nitrogens with one attached hydrogen (secondary N) is 1. The van der Waals surface area contributed by atoms with Crippen molar-refractivity contribution in [2.45, 2.75) is 89.8 Å². The van der Waals surface area contributed by atoms with Gasteiger partial charge in [0, 0.05) is 18.2 Å². The lowest BCUT2D eigenvalue weighted by Crippen LogP contribution is -2.57. The van der Waals surface area contributed by atoms with Crippen LogP contribution < -0.4 is 5.32 Å². The van der Waals surface area contributed by atoms with Gasteiger partial charge in [-0.3, -0.25) is 9.59 Å². The molecule has 0 radical (unpaired) electrons. The van der Waals surface area contributed by atoms with E-state index in [4.69, 9.17) is 0 Å². The summed E-state index contributed by atoms with van der Waals surface area (Å²) in [5.41, 5.74) is 2.80. The maximum absolute atomic E-state index is 14.1. The SMILES string of the molecule is Cc1ccccc1C(=O)N(C1CCCCC1)C(C(=O)NCc1ccccc1)C1CCCCC1. The summed E-state index contributed by atoms with van der Waals surface area (Å²) in [6.07, 6.45) is 11.0. The molecule has 0 saturated heterocycles. The van der Waals surface area contributed by atoms with E-state index in [1.54, 1.807) is 0 Å². The molecule has 33 heavy (non-hydrogen) atoms. The van der Waals surface area contributed by atoms with Crippen LogP contribution in [-0.2, 0) is 11.3 Å². The number of aryl methyl sites for hydroxylation is 1. The molecule has 0 bridgehead atoms. The summed E-state index contributed by atoms with van der Waals surface area (Å²) in [6, 6.07) is 17.6. The van der Waals surface area contributed by atoms with Crippen LogP contribution in [0.5, 0.6) is 0 Å². The first-order valence-corrected chi connectivity index (χ1v) is 12.8. The van der Waals surface area contributed by atoms with E-state index < -0.39 is 6.04 Å². The molecule has 0 aromatic heterocycles. The molecule has 4 nitrogen and oxygen atoms in total. The van der Waals surface area contributed by atoms with E-state index in [-0.39, 0.29) is 23.8 Å². The standard InChI is InChI=1S/C29H38N2O2/c1-22-13-11-12-20-26(22)29(33)31(25-18-9-4-10-19-25)27(24-16-7-3-8-17-24)28(32)30-21-23-14-5-2-6-15-23/h2,5-6,11-15,20,24-25,27H,3-4,7-10,16-19,21H2,1H3,(H,30,32). The number of hydrogen-bond acceptors (Lipinski definition) is 2. The number of rotatable bonds is 7. The van der Waals surface area contributed by atoms with Crippen LogP contribution in [0.1, 0.15) is 85.7 Å². The van der Waals surface area contributed by atoms with Crippen LogP contribution >= 0.6 is 0 Å². The average molecular weight is 447 g/mol. The average Bonchev–Trinajstić information content (AvgIpc) is 2.87. The lowest BCUT2D eigenvalue weighted by molar-refractivity contribution is -0.129. The Bertz CT molecular complexity index is 914. The molecule has 2 aromatic carbocycles. The molecule has 1 unspecified atom stereocenters. The Kier molecular flexibility index (Phi) is 8.20. The third-order valence-electron chi connectivity index (χ3n) is 7.55. The maximum Gasteiger partial charge on any atom is 0.255 e. The Labute approximate surface area is 198 Å². The highest BCUT2D eigenvalue weighted by Gasteiger charge is 2.41. The number of amides is 2. The van der Waals surface area contributed by atoms with Gasteiger partial charge in [-0.05, 0) is 55.7 Å². The zero-order chi connectivity index (χ0) is 23.0. The Morgan fingerprint density at radius 3 is 2.12 bits per heavy atom. The molecule has 0 heterocycles. The number of carbonyl (C=O) groups is 2. The zero-order valence-electron chi connectivity index (χ0n) is 20.0. The quantitative estimate of drug-likeness (QED) is 0.564. The fraction of sp³-hybridized carbons (Fsp3) is 0.517. The van der Waals surface area contributed by atoms with Crippen LogP contribution in [-0.4, -0.2) is 28.8 Å². The Balaban J connectivity index is 1.66. The molecular formula is C29H38N2O2. The second-order valence-electron chi connectivity index (χ2n) is 9.87. The van der Waals surface area contributed by atoms with Gasteiger partial charge in [0.1, 0.15) is 6.04 Å². The van der Waals surface area contributed by atoms with Gasteiger partial charge in [0.05, 0.1) is 0 Å². The van der Waals surface area contributed by atoms with Gasteiger partial charge >= 0.3 is 0 Å². The first-order chi connectivity index (χ1) is 16.1. The minimum atomic E-state index is -0.399. The maximum atomic E-state index is 14.1. The summed E-state index contributed by atoms with van der Waals surface area (Å²) in [6.45, 7) is 2.50. The van der Waals surface area contributed by atoms with E-state index >= 15 is 0 Å². The van der Waals surface area contributed by atoms with Crippen molar-refractivity contribution < 1.29 is 9.59 Å². The lowest BCUT2D eigenvalue weighted by Gasteiger charge is -2.43. The Morgan fingerprint density at radius 1 is 0.848 bits per heavy atom. The van der Waals surface area contributed by atoms with Crippen LogP contribution in [0.2, 0.25) is 0 Å². The van der Waals surface area contributed by atoms with Gasteiger partial charge < -0.3 is 10.2 Å². The summed E-state index contributed by atoms with van der Waals surface area (Å²) in [5.74, 6) is 0.271. The van der Waals surface area contributed by atoms with E-state index in [1.807, 2.05) is 66.4 Å². The van der Waals surface area contributed by atoms with Crippen molar-refractivity contribution in [1.82, 2.24) is 10.2 Å². The zero-order valence-corrected chi connectivity index (χ0v) is 20.0. The van der Waals surface area contributed by atoms with Crippen molar-refractivity contribution in [3.8, 4) is 0 Å². The van der Waals surface area contributed by atoms with E-state index in [0.717, 1.165) is 68.1 Å². The molecule has 2 saturated carbocycles. The third kappa shape index (κ3) is 5.85. The molecule has 2 aliphatic carbocycles. The number of nitrogens with zero attached hydrogens (tertiary/aromatic N) is 1. The minimum absolute atomic E-state index is 0.0123. The van der Waals surface area contributed by atoms with E-state index in [9.17, 15) is 9.59 Å². The van der Waals surface area contributed by atoms with E-state index in [0.29, 0.717) is 6.54 Å². The fourth-order valence-corrected chi connectivity index (χ4v) is 5.74. The molecule has 176 valence electrons. The second-order valence-corrected chi connectivity index (χ2v) is 9.87. The molecule has 1 atom stereocenters. The summed E-state index contributed by atoms with van der Waals surface area (Å²) in [5, 5.41) is 3.20. The van der Waals surface area contributed by atoms with Gasteiger partial charge in [0.2, 0.25) is 5.91 Å². The van der Waals surface area contributed by atoms with Crippen molar-refractivity contribution >= 4 is 11.8 Å². The van der Waals surface area contributed by atoms with E-state index in [1.165, 1.54) is 12.8 Å². The van der Waals surface area contributed by atoms with Gasteiger partial charge in [-0.15, -0.1) is 0 Å². The van der Waals surface area contributed by atoms with Crippen molar-refractivity contribution in [2.24, 2.45) is 5.92 Å². The van der Waals surface area contributed by atoms with Crippen molar-refractivity contribution in [1.29, 1.82) is 0 Å². The van der Waals surface area contributed by atoms with Gasteiger partial charge in [-0.2, -0.15) is 0 Å². The molecule has 2 aliphatic rings. The minimum Gasteiger partial charge on any atom is -0.350 e. The molecular weight excluding hydrogens is 408 g/mol. The molecule has 4 rings (SSSR count). The van der Waals surface area contributed by atoms with Gasteiger partial charge in [-0.25, -0.2) is 0 Å². The molecule has 4 heteroatoms. The first-order valence-electron chi connectivity index (χ1n) is 12.8. The van der Waals surface area contributed by atoms with Crippen molar-refractivity contribution in [2.75, 3.05) is 0 Å². The summed E-state index contributed by atoms with van der Waals surface area (Å²) in [7, 11) is 0. The van der Waals surface area contributed by atoms with Gasteiger partial charge in [0.15, 0.2) is 0 Å². The Morgan fingerprint density at radius 2 is 1.45 bits per heavy atom. The van der Waals surface area contributed by atoms with Gasteiger partial charge in [0.25, 0.3) is 5.91 Å². The Hall–Kier alpha value is -2.62. The molecule has 0 spiro atoms. The van der Waals surface area contributed by atoms with E-state index in [2.05, 4.69) is 5.32 Å². The van der Waals surface area contributed by atoms with Crippen molar-refractivity contribution in [3.63, 3.8) is 0 Å². The molecule has 1 N–H and O–H groups in total. The van der Waals surface area contributed by atoms with Crippen LogP contribution in [0.3, 0.4) is 0 Å². The molecule has 2 amide bonds. The third-order valence-corrected chi connectivity index (χ3v) is 7.55. The first kappa shape index (κ1) is 23.5. The van der Waals surface area contributed by atoms with Crippen LogP contribution in [0.25, 0.3) is 0 Å². The highest BCUT2D eigenvalue weighted by molar-refractivity contribution is 5.99. The molecule has 0 aliphatic heterocycles. The second kappa shape index (κ2) is 11.5. The molecule has 2 fully saturated rings. The smallest absolute Gasteiger partial charge is 0.255 e. The summed E-state index contributed by atoms with van der Waals surface area (Å²) in [4.78, 5) is 29.9. The number of benzene rings is 2. The normalized spacial score (nSPS) is 18.5. The monoisotopic (exact) mass is 446 g/mol.